The molecule has 0 unspecified atom stereocenters. The van der Waals surface area contributed by atoms with E-state index in [1.54, 1.807) is 18.1 Å². The summed E-state index contributed by atoms with van der Waals surface area (Å²) in [5.41, 5.74) is 1.00. The number of aromatic nitrogens is 2. The number of benzene rings is 1. The molecule has 0 saturated carbocycles. The Bertz CT molecular complexity index is 502. The summed E-state index contributed by atoms with van der Waals surface area (Å²) in [6.07, 6.45) is 1.63. The lowest BCUT2D eigenvalue weighted by atomic mass is 10.2. The van der Waals surface area contributed by atoms with Gasteiger partial charge in [-0.15, -0.1) is 11.8 Å². The second-order valence-electron chi connectivity index (χ2n) is 3.99. The Balaban J connectivity index is 1.78. The fourth-order valence-corrected chi connectivity index (χ4v) is 2.62. The number of hydrogen-bond acceptors (Lipinski definition) is 5. The highest BCUT2D eigenvalue weighted by molar-refractivity contribution is 7.99. The Morgan fingerprint density at radius 1 is 1.21 bits per heavy atom. The van der Waals surface area contributed by atoms with E-state index in [0.29, 0.717) is 0 Å². The number of fused-ring (bicyclic) bond motifs is 1. The van der Waals surface area contributed by atoms with Crippen molar-refractivity contribution in [2.45, 2.75) is 11.9 Å². The number of rotatable bonds is 8. The van der Waals surface area contributed by atoms with Gasteiger partial charge in [0.05, 0.1) is 12.1 Å². The van der Waals surface area contributed by atoms with Crippen LogP contribution in [0, 0.1) is 0 Å². The van der Waals surface area contributed by atoms with Crippen molar-refractivity contribution in [3.8, 4) is 0 Å². The first-order valence-electron chi connectivity index (χ1n) is 6.53. The molecule has 0 aliphatic rings. The molecule has 4 nitrogen and oxygen atoms in total. The lowest BCUT2D eigenvalue weighted by Crippen LogP contribution is -2.22. The Labute approximate surface area is 118 Å². The highest BCUT2D eigenvalue weighted by atomic mass is 32.2. The van der Waals surface area contributed by atoms with Crippen LogP contribution in [-0.2, 0) is 4.74 Å². The van der Waals surface area contributed by atoms with Crippen LogP contribution in [0.2, 0.25) is 0 Å². The maximum atomic E-state index is 5.27. The molecule has 0 fully saturated rings. The first-order chi connectivity index (χ1) is 9.42. The van der Waals surface area contributed by atoms with E-state index in [-0.39, 0.29) is 0 Å². The maximum absolute atomic E-state index is 5.27. The minimum absolute atomic E-state index is 0.775. The van der Waals surface area contributed by atoms with Crippen LogP contribution >= 0.6 is 11.8 Å². The van der Waals surface area contributed by atoms with Crippen molar-refractivity contribution in [3.63, 3.8) is 0 Å². The number of nitrogens with zero attached hydrogens (tertiary/aromatic N) is 2. The largest absolute Gasteiger partial charge is 0.380 e. The highest BCUT2D eigenvalue weighted by Gasteiger charge is 2.02. The fourth-order valence-electron chi connectivity index (χ4n) is 1.73. The molecule has 0 saturated heterocycles. The summed E-state index contributed by atoms with van der Waals surface area (Å²) in [7, 11) is 0. The van der Waals surface area contributed by atoms with Crippen LogP contribution in [0.15, 0.2) is 35.6 Å². The van der Waals surface area contributed by atoms with Gasteiger partial charge in [0.1, 0.15) is 11.4 Å². The predicted octanol–water partition coefficient (Wildman–Crippen LogP) is 2.35. The van der Waals surface area contributed by atoms with E-state index in [9.17, 15) is 0 Å². The first kappa shape index (κ1) is 14.2. The van der Waals surface area contributed by atoms with E-state index in [1.165, 1.54) is 0 Å². The number of nitrogens with one attached hydrogen (secondary N) is 1. The van der Waals surface area contributed by atoms with Gasteiger partial charge in [-0.1, -0.05) is 18.2 Å². The van der Waals surface area contributed by atoms with Gasteiger partial charge in [0.15, 0.2) is 0 Å². The van der Waals surface area contributed by atoms with Crippen molar-refractivity contribution in [3.05, 3.63) is 30.6 Å². The third kappa shape index (κ3) is 4.45. The van der Waals surface area contributed by atoms with E-state index in [0.717, 1.165) is 48.0 Å². The van der Waals surface area contributed by atoms with Gasteiger partial charge in [0, 0.05) is 30.8 Å². The molecule has 0 amide bonds. The summed E-state index contributed by atoms with van der Waals surface area (Å²) in [5.74, 6) is 0.993. The Kier molecular flexibility index (Phi) is 6.07. The molecule has 0 atom stereocenters. The third-order valence-corrected chi connectivity index (χ3v) is 3.66. The molecule has 1 heterocycles. The standard InChI is InChI=1S/C14H19N3OS/c1-2-18-9-7-15-8-10-19-14-12-5-3-4-6-13(12)16-11-17-14/h3-6,11,15H,2,7-10H2,1H3. The molecule has 19 heavy (non-hydrogen) atoms. The molecule has 2 aromatic rings. The minimum Gasteiger partial charge on any atom is -0.380 e. The number of thioether (sulfide) groups is 1. The normalized spacial score (nSPS) is 11.0. The van der Waals surface area contributed by atoms with Gasteiger partial charge in [-0.05, 0) is 13.0 Å². The van der Waals surface area contributed by atoms with Crippen molar-refractivity contribution >= 4 is 22.7 Å². The monoisotopic (exact) mass is 277 g/mol. The second-order valence-corrected chi connectivity index (χ2v) is 5.07. The highest BCUT2D eigenvalue weighted by Crippen LogP contribution is 2.23. The molecule has 0 aliphatic heterocycles. The summed E-state index contributed by atoms with van der Waals surface area (Å²) in [6.45, 7) is 5.42. The van der Waals surface area contributed by atoms with Crippen LogP contribution < -0.4 is 5.32 Å². The van der Waals surface area contributed by atoms with Gasteiger partial charge in [0.25, 0.3) is 0 Å². The minimum atomic E-state index is 0.775. The van der Waals surface area contributed by atoms with Crippen molar-refractivity contribution in [2.24, 2.45) is 0 Å². The molecule has 0 spiro atoms. The molecule has 0 radical (unpaired) electrons. The zero-order chi connectivity index (χ0) is 13.3. The van der Waals surface area contributed by atoms with Crippen LogP contribution in [-0.4, -0.2) is 42.0 Å². The summed E-state index contributed by atoms with van der Waals surface area (Å²) in [6, 6.07) is 8.11. The van der Waals surface area contributed by atoms with Crippen LogP contribution in [0.5, 0.6) is 0 Å². The van der Waals surface area contributed by atoms with Gasteiger partial charge in [-0.3, -0.25) is 0 Å². The third-order valence-electron chi connectivity index (χ3n) is 2.65. The molecule has 1 N–H and O–H groups in total. The summed E-state index contributed by atoms with van der Waals surface area (Å²) >= 11 is 1.76. The second kappa shape index (κ2) is 8.09. The lowest BCUT2D eigenvalue weighted by molar-refractivity contribution is 0.150. The van der Waals surface area contributed by atoms with Crippen molar-refractivity contribution in [1.82, 2.24) is 15.3 Å². The summed E-state index contributed by atoms with van der Waals surface area (Å²) in [4.78, 5) is 8.62. The smallest absolute Gasteiger partial charge is 0.117 e. The predicted molar refractivity (Wildman–Crippen MR) is 79.6 cm³/mol. The summed E-state index contributed by atoms with van der Waals surface area (Å²) in [5, 5.41) is 5.53. The molecular weight excluding hydrogens is 258 g/mol. The van der Waals surface area contributed by atoms with Gasteiger partial charge in [0.2, 0.25) is 0 Å². The van der Waals surface area contributed by atoms with Gasteiger partial charge in [-0.25, -0.2) is 9.97 Å². The van der Waals surface area contributed by atoms with E-state index in [1.807, 2.05) is 25.1 Å². The number of hydrogen-bond donors (Lipinski definition) is 1. The lowest BCUT2D eigenvalue weighted by Gasteiger charge is -2.06. The van der Waals surface area contributed by atoms with Crippen LogP contribution in [0.1, 0.15) is 6.92 Å². The van der Waals surface area contributed by atoms with Gasteiger partial charge in [-0.2, -0.15) is 0 Å². The molecule has 2 rings (SSSR count). The Morgan fingerprint density at radius 2 is 2.11 bits per heavy atom. The molecule has 5 heteroatoms. The molecular formula is C14H19N3OS. The molecule has 1 aromatic carbocycles. The van der Waals surface area contributed by atoms with Crippen LogP contribution in [0.25, 0.3) is 10.9 Å². The molecule has 0 bridgehead atoms. The fraction of sp³-hybridized carbons (Fsp3) is 0.429. The SMILES string of the molecule is CCOCCNCCSc1ncnc2ccccc12. The Hall–Kier alpha value is -1.17. The van der Waals surface area contributed by atoms with Crippen LogP contribution in [0.3, 0.4) is 0 Å². The maximum Gasteiger partial charge on any atom is 0.117 e. The Morgan fingerprint density at radius 3 is 3.00 bits per heavy atom. The molecule has 1 aromatic heterocycles. The topological polar surface area (TPSA) is 47.0 Å². The average Bonchev–Trinajstić information content (AvgIpc) is 2.46. The van der Waals surface area contributed by atoms with Crippen molar-refractivity contribution < 1.29 is 4.74 Å². The number of para-hydroxylation sites is 1. The van der Waals surface area contributed by atoms with Crippen molar-refractivity contribution in [2.75, 3.05) is 32.1 Å². The van der Waals surface area contributed by atoms with Crippen molar-refractivity contribution in [1.29, 1.82) is 0 Å². The zero-order valence-electron chi connectivity index (χ0n) is 11.1. The first-order valence-corrected chi connectivity index (χ1v) is 7.51. The quantitative estimate of drug-likeness (QED) is 0.456. The van der Waals surface area contributed by atoms with Crippen LogP contribution in [0.4, 0.5) is 0 Å². The van der Waals surface area contributed by atoms with Gasteiger partial charge < -0.3 is 10.1 Å². The van der Waals surface area contributed by atoms with E-state index in [2.05, 4.69) is 21.4 Å². The van der Waals surface area contributed by atoms with E-state index < -0.39 is 0 Å². The van der Waals surface area contributed by atoms with Gasteiger partial charge >= 0.3 is 0 Å². The van der Waals surface area contributed by atoms with E-state index in [4.69, 9.17) is 4.74 Å². The average molecular weight is 277 g/mol. The molecule has 0 aliphatic carbocycles. The number of ether oxygens (including phenoxy) is 1. The zero-order valence-corrected chi connectivity index (χ0v) is 11.9. The summed E-state index contributed by atoms with van der Waals surface area (Å²) < 4.78 is 5.27. The molecule has 102 valence electrons. The van der Waals surface area contributed by atoms with E-state index >= 15 is 0 Å².